The zero-order valence-corrected chi connectivity index (χ0v) is 14.9. The molecule has 1 unspecified atom stereocenters. The van der Waals surface area contributed by atoms with Crippen LogP contribution < -0.4 is 5.11 Å². The summed E-state index contributed by atoms with van der Waals surface area (Å²) in [4.78, 5) is 22.6. The largest absolute Gasteiger partial charge is 0.550 e. The first-order chi connectivity index (χ1) is 10.7. The number of hydrogen-bond acceptors (Lipinski definition) is 4. The number of likely N-dealkylation sites (N-methyl/N-ethyl adjacent to an activating group) is 1. The van der Waals surface area contributed by atoms with Crippen molar-refractivity contribution in [2.45, 2.75) is 51.6 Å². The molecule has 0 aromatic carbocycles. The van der Waals surface area contributed by atoms with Crippen molar-refractivity contribution < 1.29 is 23.9 Å². The van der Waals surface area contributed by atoms with Gasteiger partial charge in [-0.2, -0.15) is 0 Å². The summed E-state index contributed by atoms with van der Waals surface area (Å²) in [6, 6.07) is 0. The second kappa shape index (κ2) is 11.9. The molecule has 5 heteroatoms. The Labute approximate surface area is 140 Å². The fourth-order valence-electron chi connectivity index (χ4n) is 2.06. The number of allylic oxidation sites excluding steroid dienone is 4. The molecule has 0 radical (unpaired) electrons. The quantitative estimate of drug-likeness (QED) is 0.238. The molecule has 0 heterocycles. The molecule has 0 aliphatic heterocycles. The smallest absolute Gasteiger partial charge is 0.306 e. The molecule has 0 spiro atoms. The van der Waals surface area contributed by atoms with Crippen molar-refractivity contribution in [1.29, 1.82) is 0 Å². The molecule has 0 aromatic heterocycles. The van der Waals surface area contributed by atoms with Gasteiger partial charge in [-0.1, -0.05) is 44.1 Å². The highest BCUT2D eigenvalue weighted by Crippen LogP contribution is 2.07. The average Bonchev–Trinajstić information content (AvgIpc) is 2.39. The fraction of sp³-hybridized carbons (Fsp3) is 0.667. The highest BCUT2D eigenvalue weighted by atomic mass is 16.5. The van der Waals surface area contributed by atoms with Gasteiger partial charge in [-0.3, -0.25) is 4.79 Å². The van der Waals surface area contributed by atoms with Crippen LogP contribution in [-0.4, -0.2) is 50.2 Å². The van der Waals surface area contributed by atoms with Crippen LogP contribution in [0.3, 0.4) is 0 Å². The van der Waals surface area contributed by atoms with E-state index in [1.807, 2.05) is 39.4 Å². The summed E-state index contributed by atoms with van der Waals surface area (Å²) in [6.45, 7) is 2.59. The lowest BCUT2D eigenvalue weighted by Gasteiger charge is -2.29. The minimum Gasteiger partial charge on any atom is -0.550 e. The fourth-order valence-corrected chi connectivity index (χ4v) is 2.06. The lowest BCUT2D eigenvalue weighted by atomic mass is 10.2. The molecule has 1 atom stereocenters. The molecule has 0 aliphatic rings. The number of rotatable bonds is 12. The Balaban J connectivity index is 4.14. The number of nitrogens with zero attached hydrogens (tertiary/aromatic N) is 1. The van der Waals surface area contributed by atoms with Crippen molar-refractivity contribution in [2.24, 2.45) is 0 Å². The Morgan fingerprint density at radius 1 is 1.13 bits per heavy atom. The summed E-state index contributed by atoms with van der Waals surface area (Å²) in [7, 11) is 5.76. The molecule has 5 nitrogen and oxygen atoms in total. The molecule has 23 heavy (non-hydrogen) atoms. The van der Waals surface area contributed by atoms with Gasteiger partial charge < -0.3 is 19.1 Å². The van der Waals surface area contributed by atoms with Crippen molar-refractivity contribution in [2.75, 3.05) is 27.7 Å². The molecule has 0 fully saturated rings. The molecular formula is C18H31NO4. The topological polar surface area (TPSA) is 66.4 Å². The number of carboxylic acids is 1. The van der Waals surface area contributed by atoms with Gasteiger partial charge in [0, 0.05) is 18.8 Å². The van der Waals surface area contributed by atoms with Gasteiger partial charge >= 0.3 is 5.97 Å². The van der Waals surface area contributed by atoms with Gasteiger partial charge in [0.25, 0.3) is 0 Å². The maximum Gasteiger partial charge on any atom is 0.306 e. The molecule has 132 valence electrons. The molecule has 0 saturated heterocycles. The normalized spacial score (nSPS) is 13.6. The van der Waals surface area contributed by atoms with Crippen LogP contribution in [0.15, 0.2) is 24.3 Å². The summed E-state index contributed by atoms with van der Waals surface area (Å²) in [6.07, 6.45) is 11.3. The van der Waals surface area contributed by atoms with E-state index >= 15 is 0 Å². The van der Waals surface area contributed by atoms with Crippen molar-refractivity contribution in [3.05, 3.63) is 24.3 Å². The van der Waals surface area contributed by atoms with E-state index in [2.05, 4.69) is 13.0 Å². The molecule has 0 aromatic rings. The number of aliphatic carboxylic acids is 1. The van der Waals surface area contributed by atoms with Crippen LogP contribution in [0.5, 0.6) is 0 Å². The molecule has 0 N–H and O–H groups in total. The minimum absolute atomic E-state index is 0.250. The van der Waals surface area contributed by atoms with Crippen LogP contribution in [0.2, 0.25) is 0 Å². The van der Waals surface area contributed by atoms with E-state index in [1.165, 1.54) is 12.8 Å². The monoisotopic (exact) mass is 325 g/mol. The third-order valence-corrected chi connectivity index (χ3v) is 3.07. The van der Waals surface area contributed by atoms with Gasteiger partial charge in [-0.15, -0.1) is 0 Å². The van der Waals surface area contributed by atoms with Gasteiger partial charge in [-0.25, -0.2) is 0 Å². The van der Waals surface area contributed by atoms with Gasteiger partial charge in [-0.05, 0) is 12.8 Å². The lowest BCUT2D eigenvalue weighted by Crippen LogP contribution is -2.45. The predicted octanol–water partition coefficient (Wildman–Crippen LogP) is 1.83. The zero-order chi connectivity index (χ0) is 17.7. The average molecular weight is 325 g/mol. The van der Waals surface area contributed by atoms with Crippen molar-refractivity contribution in [3.8, 4) is 0 Å². The first kappa shape index (κ1) is 21.4. The van der Waals surface area contributed by atoms with Crippen LogP contribution in [0.25, 0.3) is 0 Å². The lowest BCUT2D eigenvalue weighted by molar-refractivity contribution is -0.873. The highest BCUT2D eigenvalue weighted by molar-refractivity contribution is 5.71. The molecule has 0 bridgehead atoms. The van der Waals surface area contributed by atoms with Crippen LogP contribution in [0.4, 0.5) is 0 Å². The minimum atomic E-state index is -1.20. The molecule has 0 rings (SSSR count). The molecule has 0 amide bonds. The number of esters is 1. The summed E-state index contributed by atoms with van der Waals surface area (Å²) in [5.41, 5.74) is 0. The van der Waals surface area contributed by atoms with Crippen molar-refractivity contribution in [1.82, 2.24) is 0 Å². The summed E-state index contributed by atoms with van der Waals surface area (Å²) in [5, 5.41) is 10.8. The van der Waals surface area contributed by atoms with Gasteiger partial charge in [0.15, 0.2) is 6.10 Å². The van der Waals surface area contributed by atoms with Gasteiger partial charge in [0.2, 0.25) is 0 Å². The maximum absolute atomic E-state index is 11.8. The Hall–Kier alpha value is -1.62. The van der Waals surface area contributed by atoms with Crippen LogP contribution in [-0.2, 0) is 14.3 Å². The maximum atomic E-state index is 11.8. The number of ether oxygens (including phenoxy) is 1. The SMILES string of the molecule is CCCC/C=C/C=C/CCC(=O)OC(CC(=O)[O-])C[N+](C)(C)C. The van der Waals surface area contributed by atoms with E-state index in [-0.39, 0.29) is 18.8 Å². The zero-order valence-electron chi connectivity index (χ0n) is 14.9. The van der Waals surface area contributed by atoms with Crippen molar-refractivity contribution >= 4 is 11.9 Å². The van der Waals surface area contributed by atoms with Gasteiger partial charge in [0.05, 0.1) is 21.1 Å². The van der Waals surface area contributed by atoms with Crippen LogP contribution >= 0.6 is 0 Å². The summed E-state index contributed by atoms with van der Waals surface area (Å²) < 4.78 is 5.79. The first-order valence-corrected chi connectivity index (χ1v) is 8.26. The Morgan fingerprint density at radius 2 is 1.74 bits per heavy atom. The Morgan fingerprint density at radius 3 is 2.26 bits per heavy atom. The van der Waals surface area contributed by atoms with E-state index < -0.39 is 12.1 Å². The molecule has 0 aliphatic carbocycles. The molecular weight excluding hydrogens is 294 g/mol. The summed E-state index contributed by atoms with van der Waals surface area (Å²) >= 11 is 0. The Kier molecular flexibility index (Phi) is 11.0. The number of quaternary nitrogens is 1. The van der Waals surface area contributed by atoms with Gasteiger partial charge in [0.1, 0.15) is 6.54 Å². The van der Waals surface area contributed by atoms with E-state index in [0.29, 0.717) is 17.4 Å². The number of unbranched alkanes of at least 4 members (excludes halogenated alkanes) is 2. The van der Waals surface area contributed by atoms with E-state index in [4.69, 9.17) is 4.74 Å². The Bertz CT molecular complexity index is 408. The van der Waals surface area contributed by atoms with Crippen LogP contribution in [0, 0.1) is 0 Å². The number of hydrogen-bond donors (Lipinski definition) is 0. The summed E-state index contributed by atoms with van der Waals surface area (Å²) in [5.74, 6) is -1.57. The number of carboxylic acid groups (broad SMARTS) is 1. The standard InChI is InChI=1S/C18H31NO4/c1-5-6-7-8-9-10-11-12-13-18(22)23-16(14-17(20)21)15-19(2,3)4/h8-11,16H,5-7,12-15H2,1-4H3/b9-8+,11-10+. The van der Waals surface area contributed by atoms with Crippen molar-refractivity contribution in [3.63, 3.8) is 0 Å². The second-order valence-electron chi connectivity index (χ2n) is 6.70. The van der Waals surface area contributed by atoms with E-state index in [9.17, 15) is 14.7 Å². The van der Waals surface area contributed by atoms with E-state index in [0.717, 1.165) is 6.42 Å². The predicted molar refractivity (Wildman–Crippen MR) is 89.4 cm³/mol. The third kappa shape index (κ3) is 15.1. The molecule has 0 saturated carbocycles. The third-order valence-electron chi connectivity index (χ3n) is 3.07. The van der Waals surface area contributed by atoms with E-state index in [1.54, 1.807) is 0 Å². The highest BCUT2D eigenvalue weighted by Gasteiger charge is 2.22. The van der Waals surface area contributed by atoms with Crippen LogP contribution in [0.1, 0.15) is 45.4 Å². The number of carbonyl (C=O) groups excluding carboxylic acids is 2. The second-order valence-corrected chi connectivity index (χ2v) is 6.70. The number of carbonyl (C=O) groups is 2. The first-order valence-electron chi connectivity index (χ1n) is 8.26.